The normalized spacial score (nSPS) is 14.9. The Morgan fingerprint density at radius 1 is 1.41 bits per heavy atom. The fraction of sp³-hybridized carbons (Fsp3) is 0.750. The molecule has 2 rings (SSSR count). The van der Waals surface area contributed by atoms with Crippen molar-refractivity contribution in [3.05, 3.63) is 11.6 Å². The molecule has 1 fully saturated rings. The van der Waals surface area contributed by atoms with Crippen molar-refractivity contribution in [2.45, 2.75) is 51.4 Å². The Hall–Kier alpha value is -1.39. The molecule has 5 heteroatoms. The monoisotopic (exact) mass is 236 g/mol. The fourth-order valence-corrected chi connectivity index (χ4v) is 1.75. The van der Waals surface area contributed by atoms with Gasteiger partial charge in [0.15, 0.2) is 0 Å². The lowest BCUT2D eigenvalue weighted by molar-refractivity contribution is 0.0943. The number of unbranched alkanes of at least 4 members (excludes halogenated alkanes) is 3. The zero-order valence-corrected chi connectivity index (χ0v) is 10.3. The molecule has 1 aromatic rings. The molecule has 0 unspecified atom stereocenters. The van der Waals surface area contributed by atoms with Gasteiger partial charge < -0.3 is 5.32 Å². The third-order valence-corrected chi connectivity index (χ3v) is 2.99. The number of carbonyl (C=O) groups is 1. The maximum absolute atomic E-state index is 11.7. The van der Waals surface area contributed by atoms with Crippen LogP contribution in [-0.4, -0.2) is 27.6 Å². The molecular weight excluding hydrogens is 216 g/mol. The van der Waals surface area contributed by atoms with Crippen molar-refractivity contribution in [3.63, 3.8) is 0 Å². The number of amides is 1. The summed E-state index contributed by atoms with van der Waals surface area (Å²) in [5.74, 6) is 1.49. The van der Waals surface area contributed by atoms with E-state index in [0.717, 1.165) is 31.5 Å². The Kier molecular flexibility index (Phi) is 4.12. The molecule has 0 aliphatic heterocycles. The Morgan fingerprint density at radius 3 is 2.94 bits per heavy atom. The predicted octanol–water partition coefficient (Wildman–Crippen LogP) is 1.99. The lowest BCUT2D eigenvalue weighted by Gasteiger charge is -2.01. The minimum atomic E-state index is -0.162. The van der Waals surface area contributed by atoms with Crippen LogP contribution in [0, 0.1) is 0 Å². The summed E-state index contributed by atoms with van der Waals surface area (Å²) < 4.78 is 0. The summed E-state index contributed by atoms with van der Waals surface area (Å²) >= 11 is 0. The van der Waals surface area contributed by atoms with Gasteiger partial charge in [-0.15, -0.1) is 5.10 Å². The van der Waals surface area contributed by atoms with Crippen LogP contribution in [-0.2, 0) is 0 Å². The molecule has 0 bridgehead atoms. The predicted molar refractivity (Wildman–Crippen MR) is 64.8 cm³/mol. The molecule has 1 aliphatic carbocycles. The smallest absolute Gasteiger partial charge is 0.290 e. The summed E-state index contributed by atoms with van der Waals surface area (Å²) in [6.07, 6.45) is 6.94. The van der Waals surface area contributed by atoms with Crippen LogP contribution < -0.4 is 5.32 Å². The van der Waals surface area contributed by atoms with Crippen molar-refractivity contribution in [2.24, 2.45) is 0 Å². The highest BCUT2D eigenvalue weighted by Gasteiger charge is 2.28. The molecule has 1 saturated carbocycles. The number of hydrogen-bond acceptors (Lipinski definition) is 3. The second-order valence-corrected chi connectivity index (χ2v) is 4.64. The molecule has 0 radical (unpaired) electrons. The summed E-state index contributed by atoms with van der Waals surface area (Å²) in [5.41, 5.74) is 0. The average molecular weight is 236 g/mol. The first-order valence-corrected chi connectivity index (χ1v) is 6.51. The zero-order chi connectivity index (χ0) is 12.1. The summed E-state index contributed by atoms with van der Waals surface area (Å²) in [5, 5.41) is 9.63. The molecule has 1 amide bonds. The van der Waals surface area contributed by atoms with Gasteiger partial charge in [0, 0.05) is 12.5 Å². The first-order valence-electron chi connectivity index (χ1n) is 6.51. The third kappa shape index (κ3) is 3.54. The lowest BCUT2D eigenvalue weighted by atomic mass is 10.2. The lowest BCUT2D eigenvalue weighted by Crippen LogP contribution is -2.25. The van der Waals surface area contributed by atoms with Crippen molar-refractivity contribution in [3.8, 4) is 0 Å². The van der Waals surface area contributed by atoms with Crippen LogP contribution in [0.15, 0.2) is 0 Å². The molecule has 2 N–H and O–H groups in total. The highest BCUT2D eigenvalue weighted by molar-refractivity contribution is 5.90. The second kappa shape index (κ2) is 5.80. The van der Waals surface area contributed by atoms with Crippen LogP contribution in [0.25, 0.3) is 0 Å². The van der Waals surface area contributed by atoms with E-state index in [1.807, 2.05) is 0 Å². The van der Waals surface area contributed by atoms with Crippen LogP contribution in [0.3, 0.4) is 0 Å². The summed E-state index contributed by atoms with van der Waals surface area (Å²) in [6.45, 7) is 2.89. The van der Waals surface area contributed by atoms with Crippen LogP contribution in [0.4, 0.5) is 0 Å². The van der Waals surface area contributed by atoms with E-state index in [2.05, 4.69) is 27.4 Å². The number of H-pyrrole nitrogens is 1. The quantitative estimate of drug-likeness (QED) is 0.711. The third-order valence-electron chi connectivity index (χ3n) is 2.99. The van der Waals surface area contributed by atoms with Crippen LogP contribution in [0.1, 0.15) is 67.8 Å². The van der Waals surface area contributed by atoms with Crippen molar-refractivity contribution >= 4 is 5.91 Å². The Balaban J connectivity index is 1.70. The van der Waals surface area contributed by atoms with E-state index in [-0.39, 0.29) is 11.7 Å². The van der Waals surface area contributed by atoms with Crippen LogP contribution in [0.2, 0.25) is 0 Å². The van der Waals surface area contributed by atoms with Crippen molar-refractivity contribution < 1.29 is 4.79 Å². The molecule has 0 saturated heterocycles. The van der Waals surface area contributed by atoms with Crippen molar-refractivity contribution in [1.29, 1.82) is 0 Å². The van der Waals surface area contributed by atoms with Gasteiger partial charge in [0.1, 0.15) is 5.82 Å². The largest absolute Gasteiger partial charge is 0.349 e. The van der Waals surface area contributed by atoms with E-state index in [4.69, 9.17) is 0 Å². The number of nitrogens with zero attached hydrogens (tertiary/aromatic N) is 2. The molecular formula is C12H20N4O. The van der Waals surface area contributed by atoms with E-state index in [0.29, 0.717) is 12.5 Å². The minimum absolute atomic E-state index is 0.162. The topological polar surface area (TPSA) is 70.7 Å². The maximum Gasteiger partial charge on any atom is 0.290 e. The van der Waals surface area contributed by atoms with Crippen molar-refractivity contribution in [1.82, 2.24) is 20.5 Å². The number of aromatic amines is 1. The number of nitrogens with one attached hydrogen (secondary N) is 2. The molecule has 1 heterocycles. The highest BCUT2D eigenvalue weighted by Crippen LogP contribution is 2.37. The van der Waals surface area contributed by atoms with Crippen LogP contribution in [0.5, 0.6) is 0 Å². The van der Waals surface area contributed by atoms with E-state index in [1.165, 1.54) is 12.8 Å². The number of rotatable bonds is 7. The van der Waals surface area contributed by atoms with E-state index in [9.17, 15) is 4.79 Å². The van der Waals surface area contributed by atoms with Gasteiger partial charge >= 0.3 is 0 Å². The molecule has 1 aliphatic rings. The first kappa shape index (κ1) is 12.1. The Morgan fingerprint density at radius 2 is 2.24 bits per heavy atom. The summed E-state index contributed by atoms with van der Waals surface area (Å²) in [7, 11) is 0. The van der Waals surface area contributed by atoms with E-state index >= 15 is 0 Å². The first-order chi connectivity index (χ1) is 8.31. The molecule has 1 aromatic heterocycles. The van der Waals surface area contributed by atoms with Gasteiger partial charge in [0.05, 0.1) is 0 Å². The van der Waals surface area contributed by atoms with Gasteiger partial charge in [-0.2, -0.15) is 0 Å². The SMILES string of the molecule is CCCCCCNC(=O)c1n[nH]c(C2CC2)n1. The number of aromatic nitrogens is 3. The molecule has 5 nitrogen and oxygen atoms in total. The van der Waals surface area contributed by atoms with Crippen LogP contribution >= 0.6 is 0 Å². The minimum Gasteiger partial charge on any atom is -0.349 e. The summed E-state index contributed by atoms with van der Waals surface area (Å²) in [6, 6.07) is 0. The molecule has 0 spiro atoms. The second-order valence-electron chi connectivity index (χ2n) is 4.64. The Labute approximate surface area is 101 Å². The van der Waals surface area contributed by atoms with Gasteiger partial charge in [0.25, 0.3) is 5.91 Å². The number of hydrogen-bond donors (Lipinski definition) is 2. The fourth-order valence-electron chi connectivity index (χ4n) is 1.75. The summed E-state index contributed by atoms with van der Waals surface area (Å²) in [4.78, 5) is 15.9. The van der Waals surface area contributed by atoms with Gasteiger partial charge in [-0.3, -0.25) is 9.89 Å². The molecule has 0 aromatic carbocycles. The zero-order valence-electron chi connectivity index (χ0n) is 10.3. The van der Waals surface area contributed by atoms with Crippen molar-refractivity contribution in [2.75, 3.05) is 6.54 Å². The van der Waals surface area contributed by atoms with Gasteiger partial charge in [0.2, 0.25) is 5.82 Å². The van der Waals surface area contributed by atoms with Gasteiger partial charge in [-0.25, -0.2) is 4.98 Å². The van der Waals surface area contributed by atoms with E-state index in [1.54, 1.807) is 0 Å². The highest BCUT2D eigenvalue weighted by atomic mass is 16.2. The molecule has 17 heavy (non-hydrogen) atoms. The standard InChI is InChI=1S/C12H20N4O/c1-2-3-4-5-8-13-12(17)11-14-10(15-16-11)9-6-7-9/h9H,2-8H2,1H3,(H,13,17)(H,14,15,16). The van der Waals surface area contributed by atoms with Gasteiger partial charge in [-0.1, -0.05) is 26.2 Å². The van der Waals surface area contributed by atoms with Gasteiger partial charge in [-0.05, 0) is 19.3 Å². The van der Waals surface area contributed by atoms with E-state index < -0.39 is 0 Å². The Bertz CT molecular complexity index is 370. The molecule has 94 valence electrons. The molecule has 0 atom stereocenters. The maximum atomic E-state index is 11.7. The number of carbonyl (C=O) groups excluding carboxylic acids is 1. The average Bonchev–Trinajstić information content (AvgIpc) is 3.07.